The zero-order valence-electron chi connectivity index (χ0n) is 27.5. The number of esters is 3. The van der Waals surface area contributed by atoms with Gasteiger partial charge in [0.1, 0.15) is 24.0 Å². The van der Waals surface area contributed by atoms with Gasteiger partial charge in [-0.2, -0.15) is 0 Å². The van der Waals surface area contributed by atoms with Gasteiger partial charge in [-0.15, -0.1) is 0 Å². The van der Waals surface area contributed by atoms with Gasteiger partial charge in [0.25, 0.3) is 11.8 Å². The van der Waals surface area contributed by atoms with Crippen LogP contribution in [0.2, 0.25) is 0 Å². The lowest BCUT2D eigenvalue weighted by Crippen LogP contribution is -2.48. The van der Waals surface area contributed by atoms with Crippen LogP contribution in [0.25, 0.3) is 0 Å². The molecule has 0 spiro atoms. The zero-order chi connectivity index (χ0) is 35.4. The highest BCUT2D eigenvalue weighted by Gasteiger charge is 2.43. The molecule has 0 radical (unpaired) electrons. The van der Waals surface area contributed by atoms with E-state index in [1.165, 1.54) is 12.1 Å². The minimum absolute atomic E-state index is 0.0604. The third-order valence-corrected chi connectivity index (χ3v) is 7.13. The van der Waals surface area contributed by atoms with Gasteiger partial charge < -0.3 is 29.0 Å². The number of hydrogen-bond acceptors (Lipinski definition) is 12. The maximum atomic E-state index is 13.0. The summed E-state index contributed by atoms with van der Waals surface area (Å²) in [6, 6.07) is 12.3. The zero-order valence-corrected chi connectivity index (χ0v) is 27.5. The lowest BCUT2D eigenvalue weighted by atomic mass is 9.99. The van der Waals surface area contributed by atoms with Crippen LogP contribution in [0.4, 0.5) is 4.79 Å². The van der Waals surface area contributed by atoms with Crippen LogP contribution >= 0.6 is 0 Å². The second-order valence-corrected chi connectivity index (χ2v) is 11.9. The van der Waals surface area contributed by atoms with Crippen LogP contribution in [0.15, 0.2) is 54.6 Å². The van der Waals surface area contributed by atoms with Crippen LogP contribution in [0.1, 0.15) is 66.3 Å². The molecule has 0 fully saturated rings. The van der Waals surface area contributed by atoms with Crippen LogP contribution in [0.3, 0.4) is 0 Å². The van der Waals surface area contributed by atoms with Crippen molar-refractivity contribution in [2.75, 3.05) is 27.4 Å². The van der Waals surface area contributed by atoms with Crippen LogP contribution in [0.5, 0.6) is 0 Å². The quantitative estimate of drug-likeness (QED) is 0.157. The summed E-state index contributed by atoms with van der Waals surface area (Å²) in [5.74, 6) is -5.50. The number of amides is 3. The molecular weight excluding hydrogens is 628 g/mol. The van der Waals surface area contributed by atoms with E-state index in [0.717, 1.165) is 24.7 Å². The van der Waals surface area contributed by atoms with Crippen molar-refractivity contribution in [2.24, 2.45) is 5.92 Å². The molecule has 3 amide bonds. The number of carbonyl (C=O) groups excluding carboxylic acids is 7. The molecule has 0 aliphatic carbocycles. The van der Waals surface area contributed by atoms with Crippen molar-refractivity contribution in [1.82, 2.24) is 10.2 Å². The van der Waals surface area contributed by atoms with E-state index in [2.05, 4.69) is 5.32 Å². The summed E-state index contributed by atoms with van der Waals surface area (Å²) in [4.78, 5) is 90.2. The first-order valence-electron chi connectivity index (χ1n) is 15.2. The molecule has 2 aromatic rings. The van der Waals surface area contributed by atoms with Gasteiger partial charge in [-0.05, 0) is 44.9 Å². The first-order chi connectivity index (χ1) is 22.7. The van der Waals surface area contributed by atoms with Crippen molar-refractivity contribution in [3.05, 3.63) is 71.3 Å². The summed E-state index contributed by atoms with van der Waals surface area (Å²) in [6.07, 6.45) is -1.66. The Morgan fingerprint density at radius 1 is 0.792 bits per heavy atom. The molecule has 0 unspecified atom stereocenters. The maximum absolute atomic E-state index is 13.0. The smallest absolute Gasteiger partial charge is 0.408 e. The summed E-state index contributed by atoms with van der Waals surface area (Å²) < 4.78 is 25.8. The average Bonchev–Trinajstić information content (AvgIpc) is 3.31. The molecule has 1 heterocycles. The number of nitrogens with zero attached hydrogens (tertiary/aromatic N) is 1. The number of nitrogens with one attached hydrogen (secondary N) is 1. The molecule has 0 saturated heterocycles. The Labute approximate surface area is 278 Å². The van der Waals surface area contributed by atoms with E-state index in [9.17, 15) is 33.6 Å². The number of hydrogen-bond donors (Lipinski definition) is 1. The molecule has 1 N–H and O–H groups in total. The highest BCUT2D eigenvalue weighted by molar-refractivity contribution is 6.22. The fourth-order valence-electron chi connectivity index (χ4n) is 4.78. The second-order valence-electron chi connectivity index (χ2n) is 11.9. The number of carbonyl (C=O) groups is 7. The number of ether oxygens (including phenoxy) is 5. The van der Waals surface area contributed by atoms with Gasteiger partial charge in [-0.3, -0.25) is 24.1 Å². The molecule has 2 aromatic carbocycles. The standard InChI is InChI=1S/C34H40N2O12/c1-34(2,3)48-33(43)35-26(31(41)47-18-21-11-7-6-8-12-21)16-15-23(37)17-22(30(40)44-4)19-46-20-27(32(42)45-5)36-28(38)24-13-9-10-14-25(24)29(36)39/h6-14,22,26-27H,15-20H2,1-5H3,(H,35,43)/t22-,26+,27+/m0/s1. The normalized spacial score (nSPS) is 14.3. The topological polar surface area (TPSA) is 181 Å². The van der Waals surface area contributed by atoms with E-state index in [4.69, 9.17) is 23.7 Å². The molecule has 0 bridgehead atoms. The lowest BCUT2D eigenvalue weighted by Gasteiger charge is -2.24. The van der Waals surface area contributed by atoms with Crippen molar-refractivity contribution in [3.8, 4) is 0 Å². The largest absolute Gasteiger partial charge is 0.469 e. The Hall–Kier alpha value is -5.11. The summed E-state index contributed by atoms with van der Waals surface area (Å²) in [7, 11) is 2.21. The highest BCUT2D eigenvalue weighted by atomic mass is 16.6. The molecule has 0 aromatic heterocycles. The van der Waals surface area contributed by atoms with Gasteiger partial charge >= 0.3 is 24.0 Å². The number of fused-ring (bicyclic) bond motifs is 1. The minimum Gasteiger partial charge on any atom is -0.469 e. The third-order valence-electron chi connectivity index (χ3n) is 7.13. The van der Waals surface area contributed by atoms with Gasteiger partial charge in [0, 0.05) is 12.8 Å². The second kappa shape index (κ2) is 17.2. The van der Waals surface area contributed by atoms with Crippen molar-refractivity contribution in [3.63, 3.8) is 0 Å². The molecule has 14 heteroatoms. The summed E-state index contributed by atoms with van der Waals surface area (Å²) in [6.45, 7) is 3.97. The summed E-state index contributed by atoms with van der Waals surface area (Å²) >= 11 is 0. The van der Waals surface area contributed by atoms with E-state index in [1.54, 1.807) is 57.2 Å². The van der Waals surface area contributed by atoms with Crippen molar-refractivity contribution < 1.29 is 57.2 Å². The Morgan fingerprint density at radius 3 is 1.94 bits per heavy atom. The lowest BCUT2D eigenvalue weighted by molar-refractivity contribution is -0.152. The van der Waals surface area contributed by atoms with Gasteiger partial charge in [0.2, 0.25) is 0 Å². The number of rotatable bonds is 16. The number of benzene rings is 2. The number of imide groups is 1. The number of Topliss-reactive ketones (excluding diaryl/α,β-unsaturated/α-hetero) is 1. The first kappa shape index (κ1) is 37.3. The van der Waals surface area contributed by atoms with Gasteiger partial charge in [0.15, 0.2) is 6.04 Å². The first-order valence-corrected chi connectivity index (χ1v) is 15.2. The number of methoxy groups -OCH3 is 2. The van der Waals surface area contributed by atoms with Gasteiger partial charge in [-0.1, -0.05) is 42.5 Å². The third kappa shape index (κ3) is 10.5. The monoisotopic (exact) mass is 668 g/mol. The van der Waals surface area contributed by atoms with Crippen molar-refractivity contribution in [1.29, 1.82) is 0 Å². The average molecular weight is 669 g/mol. The van der Waals surface area contributed by atoms with E-state index in [1.807, 2.05) is 6.07 Å². The van der Waals surface area contributed by atoms with Crippen LogP contribution in [0, 0.1) is 5.92 Å². The van der Waals surface area contributed by atoms with E-state index >= 15 is 0 Å². The van der Waals surface area contributed by atoms with Crippen LogP contribution in [-0.2, 0) is 49.5 Å². The minimum atomic E-state index is -1.46. The molecule has 14 nitrogen and oxygen atoms in total. The van der Waals surface area contributed by atoms with Crippen LogP contribution in [-0.4, -0.2) is 91.6 Å². The van der Waals surface area contributed by atoms with Gasteiger partial charge in [0.05, 0.1) is 44.5 Å². The van der Waals surface area contributed by atoms with Crippen molar-refractivity contribution in [2.45, 2.75) is 64.3 Å². The molecule has 0 saturated carbocycles. The Bertz CT molecular complexity index is 1470. The van der Waals surface area contributed by atoms with Gasteiger partial charge in [-0.25, -0.2) is 14.4 Å². The Balaban J connectivity index is 1.63. The molecule has 1 aliphatic rings. The van der Waals surface area contributed by atoms with E-state index < -0.39 is 78.4 Å². The Kier molecular flexibility index (Phi) is 13.4. The molecule has 1 aliphatic heterocycles. The fourth-order valence-corrected chi connectivity index (χ4v) is 4.78. The number of alkyl carbamates (subject to hydrolysis) is 1. The molecular formula is C34H40N2O12. The molecule has 258 valence electrons. The summed E-state index contributed by atoms with van der Waals surface area (Å²) in [5, 5.41) is 2.45. The summed E-state index contributed by atoms with van der Waals surface area (Å²) in [5.41, 5.74) is 0.116. The Morgan fingerprint density at radius 2 is 1.38 bits per heavy atom. The van der Waals surface area contributed by atoms with E-state index in [-0.39, 0.29) is 37.0 Å². The maximum Gasteiger partial charge on any atom is 0.408 e. The molecule has 3 atom stereocenters. The molecule has 48 heavy (non-hydrogen) atoms. The SMILES string of the molecule is COC(=O)[C@H](COC[C@H](C(=O)OC)N1C(=O)c2ccccc2C1=O)CC(=O)CC[C@@H](NC(=O)OC(C)(C)C)C(=O)OCc1ccccc1. The van der Waals surface area contributed by atoms with E-state index in [0.29, 0.717) is 0 Å². The number of ketones is 1. The predicted octanol–water partition coefficient (Wildman–Crippen LogP) is 3.01. The highest BCUT2D eigenvalue weighted by Crippen LogP contribution is 2.25. The predicted molar refractivity (Wildman–Crippen MR) is 167 cm³/mol. The van der Waals surface area contributed by atoms with Crippen molar-refractivity contribution >= 4 is 41.6 Å². The molecule has 3 rings (SSSR count). The fraction of sp³-hybridized carbons (Fsp3) is 0.441. The van der Waals surface area contributed by atoms with Crippen LogP contribution < -0.4 is 5.32 Å².